The molecule has 1 aliphatic rings. The lowest BCUT2D eigenvalue weighted by Gasteiger charge is -2.21. The summed E-state index contributed by atoms with van der Waals surface area (Å²) in [6.07, 6.45) is 6.52. The molecule has 0 aromatic carbocycles. The van der Waals surface area contributed by atoms with Crippen LogP contribution in [0.4, 0.5) is 5.82 Å². The largest absolute Gasteiger partial charge is 0.363 e. The number of ketones is 1. The Morgan fingerprint density at radius 3 is 2.68 bits per heavy atom. The van der Waals surface area contributed by atoms with Gasteiger partial charge in [-0.2, -0.15) is 0 Å². The number of hydrogen-bond donors (Lipinski definition) is 1. The van der Waals surface area contributed by atoms with E-state index in [0.29, 0.717) is 18.8 Å². The van der Waals surface area contributed by atoms with Crippen molar-refractivity contribution in [3.8, 4) is 11.5 Å². The van der Waals surface area contributed by atoms with Gasteiger partial charge in [-0.25, -0.2) is 9.97 Å². The second kappa shape index (κ2) is 7.30. The van der Waals surface area contributed by atoms with Crippen molar-refractivity contribution in [2.24, 2.45) is 5.41 Å². The van der Waals surface area contributed by atoms with E-state index in [-0.39, 0.29) is 11.2 Å². The molecule has 1 aliphatic carbocycles. The normalized spacial score (nSPS) is 14.0. The predicted molar refractivity (Wildman–Crippen MR) is 99.5 cm³/mol. The lowest BCUT2D eigenvalue weighted by Crippen LogP contribution is -2.22. The average molecular weight is 338 g/mol. The third-order valence-corrected chi connectivity index (χ3v) is 4.26. The van der Waals surface area contributed by atoms with E-state index < -0.39 is 0 Å². The standard InChI is InChI=1S/C20H26N4O/c1-20(2,3)12-14(25)13-22-18-15-8-4-5-9-16(15)23-19(24-18)17-10-6-7-11-21-17/h6-7,10-11H,4-5,8-9,12-13H2,1-3H3,(H,22,23,24). The lowest BCUT2D eigenvalue weighted by atomic mass is 9.90. The van der Waals surface area contributed by atoms with Gasteiger partial charge in [-0.15, -0.1) is 0 Å². The number of rotatable bonds is 5. The van der Waals surface area contributed by atoms with Crippen molar-refractivity contribution in [2.45, 2.75) is 52.9 Å². The van der Waals surface area contributed by atoms with Crippen LogP contribution in [0.5, 0.6) is 0 Å². The van der Waals surface area contributed by atoms with Gasteiger partial charge in [0.25, 0.3) is 0 Å². The molecule has 0 amide bonds. The number of carbonyl (C=O) groups excluding carboxylic acids is 1. The fourth-order valence-electron chi connectivity index (χ4n) is 3.19. The molecule has 0 unspecified atom stereocenters. The van der Waals surface area contributed by atoms with Crippen LogP contribution >= 0.6 is 0 Å². The highest BCUT2D eigenvalue weighted by Gasteiger charge is 2.20. The summed E-state index contributed by atoms with van der Waals surface area (Å²) < 4.78 is 0. The van der Waals surface area contributed by atoms with Crippen molar-refractivity contribution >= 4 is 11.6 Å². The Morgan fingerprint density at radius 1 is 1.16 bits per heavy atom. The van der Waals surface area contributed by atoms with Crippen LogP contribution in [0.1, 0.15) is 51.3 Å². The minimum Gasteiger partial charge on any atom is -0.363 e. The molecule has 0 fully saturated rings. The molecule has 5 nitrogen and oxygen atoms in total. The van der Waals surface area contributed by atoms with Gasteiger partial charge in [0.1, 0.15) is 11.5 Å². The highest BCUT2D eigenvalue weighted by molar-refractivity contribution is 5.83. The first-order valence-corrected chi connectivity index (χ1v) is 8.99. The minimum absolute atomic E-state index is 0.00296. The maximum atomic E-state index is 12.2. The summed E-state index contributed by atoms with van der Waals surface area (Å²) in [5.74, 6) is 1.63. The van der Waals surface area contributed by atoms with Gasteiger partial charge in [-0.05, 0) is 43.2 Å². The maximum absolute atomic E-state index is 12.2. The Labute approximate surface area is 149 Å². The van der Waals surface area contributed by atoms with Crippen LogP contribution in [0.15, 0.2) is 24.4 Å². The molecule has 0 bridgehead atoms. The first kappa shape index (κ1) is 17.5. The number of carbonyl (C=O) groups is 1. The summed E-state index contributed by atoms with van der Waals surface area (Å²) in [7, 11) is 0. The molecule has 2 aromatic rings. The summed E-state index contributed by atoms with van der Waals surface area (Å²) in [5, 5.41) is 3.28. The van der Waals surface area contributed by atoms with Crippen molar-refractivity contribution in [3.63, 3.8) is 0 Å². The fraction of sp³-hybridized carbons (Fsp3) is 0.500. The van der Waals surface area contributed by atoms with Crippen molar-refractivity contribution in [1.29, 1.82) is 0 Å². The monoisotopic (exact) mass is 338 g/mol. The molecule has 25 heavy (non-hydrogen) atoms. The second-order valence-corrected chi connectivity index (χ2v) is 7.87. The van der Waals surface area contributed by atoms with Crippen LogP contribution in [-0.4, -0.2) is 27.3 Å². The lowest BCUT2D eigenvalue weighted by molar-refractivity contribution is -0.119. The van der Waals surface area contributed by atoms with E-state index in [1.54, 1.807) is 6.20 Å². The number of aryl methyl sites for hydroxylation is 1. The number of fused-ring (bicyclic) bond motifs is 1. The zero-order chi connectivity index (χ0) is 17.9. The van der Waals surface area contributed by atoms with E-state index >= 15 is 0 Å². The van der Waals surface area contributed by atoms with Crippen LogP contribution in [-0.2, 0) is 17.6 Å². The van der Waals surface area contributed by atoms with Gasteiger partial charge < -0.3 is 5.32 Å². The number of anilines is 1. The van der Waals surface area contributed by atoms with Crippen molar-refractivity contribution < 1.29 is 4.79 Å². The first-order valence-electron chi connectivity index (χ1n) is 8.99. The zero-order valence-corrected chi connectivity index (χ0v) is 15.3. The Kier molecular flexibility index (Phi) is 5.11. The topological polar surface area (TPSA) is 67.8 Å². The van der Waals surface area contributed by atoms with E-state index in [1.165, 1.54) is 0 Å². The van der Waals surface area contributed by atoms with Gasteiger partial charge in [-0.3, -0.25) is 9.78 Å². The number of nitrogens with zero attached hydrogens (tertiary/aromatic N) is 3. The summed E-state index contributed by atoms with van der Waals surface area (Å²) in [6, 6.07) is 5.73. The van der Waals surface area contributed by atoms with E-state index in [9.17, 15) is 4.79 Å². The van der Waals surface area contributed by atoms with Crippen molar-refractivity contribution in [1.82, 2.24) is 15.0 Å². The number of hydrogen-bond acceptors (Lipinski definition) is 5. The van der Waals surface area contributed by atoms with Gasteiger partial charge in [-0.1, -0.05) is 26.8 Å². The summed E-state index contributed by atoms with van der Waals surface area (Å²) in [4.78, 5) is 26.0. The molecule has 1 N–H and O–H groups in total. The van der Waals surface area contributed by atoms with Crippen LogP contribution in [0.3, 0.4) is 0 Å². The molecule has 0 saturated carbocycles. The highest BCUT2D eigenvalue weighted by atomic mass is 16.1. The summed E-state index contributed by atoms with van der Waals surface area (Å²) >= 11 is 0. The van der Waals surface area contributed by atoms with E-state index in [4.69, 9.17) is 4.98 Å². The second-order valence-electron chi connectivity index (χ2n) is 7.87. The molecule has 2 aromatic heterocycles. The highest BCUT2D eigenvalue weighted by Crippen LogP contribution is 2.28. The molecular weight excluding hydrogens is 312 g/mol. The molecule has 0 aliphatic heterocycles. The quantitative estimate of drug-likeness (QED) is 0.897. The number of Topliss-reactive ketones (excluding diaryl/α,β-unsaturated/α-hetero) is 1. The van der Waals surface area contributed by atoms with Crippen LogP contribution in [0.25, 0.3) is 11.5 Å². The van der Waals surface area contributed by atoms with E-state index in [0.717, 1.165) is 48.5 Å². The minimum atomic E-state index is 0.00296. The van der Waals surface area contributed by atoms with Gasteiger partial charge in [0.15, 0.2) is 11.6 Å². The predicted octanol–water partition coefficient (Wildman–Crippen LogP) is 3.83. The van der Waals surface area contributed by atoms with Crippen LogP contribution in [0, 0.1) is 5.41 Å². The summed E-state index contributed by atoms with van der Waals surface area (Å²) in [6.45, 7) is 6.55. The third-order valence-electron chi connectivity index (χ3n) is 4.26. The molecule has 0 atom stereocenters. The van der Waals surface area contributed by atoms with Crippen molar-refractivity contribution in [3.05, 3.63) is 35.7 Å². The third kappa shape index (κ3) is 4.62. The van der Waals surface area contributed by atoms with Gasteiger partial charge in [0, 0.05) is 23.9 Å². The SMILES string of the molecule is CC(C)(C)CC(=O)CNc1nc(-c2ccccn2)nc2c1CCCC2. The van der Waals surface area contributed by atoms with Gasteiger partial charge in [0.05, 0.1) is 6.54 Å². The molecule has 5 heteroatoms. The Hall–Kier alpha value is -2.30. The number of pyridine rings is 1. The molecule has 0 saturated heterocycles. The maximum Gasteiger partial charge on any atom is 0.180 e. The van der Waals surface area contributed by atoms with E-state index in [2.05, 4.69) is 36.1 Å². The fourth-order valence-corrected chi connectivity index (χ4v) is 3.19. The van der Waals surface area contributed by atoms with Crippen molar-refractivity contribution in [2.75, 3.05) is 11.9 Å². The zero-order valence-electron chi connectivity index (χ0n) is 15.3. The van der Waals surface area contributed by atoms with Crippen LogP contribution < -0.4 is 5.32 Å². The Bertz CT molecular complexity index is 750. The molecule has 0 spiro atoms. The summed E-state index contributed by atoms with van der Waals surface area (Å²) in [5.41, 5.74) is 3.02. The molecule has 2 heterocycles. The average Bonchev–Trinajstić information content (AvgIpc) is 2.58. The number of nitrogens with one attached hydrogen (secondary N) is 1. The molecule has 3 rings (SSSR count). The van der Waals surface area contributed by atoms with Gasteiger partial charge >= 0.3 is 0 Å². The smallest absolute Gasteiger partial charge is 0.180 e. The van der Waals surface area contributed by atoms with Crippen LogP contribution in [0.2, 0.25) is 0 Å². The molecule has 0 radical (unpaired) electrons. The first-order chi connectivity index (χ1) is 11.9. The van der Waals surface area contributed by atoms with Gasteiger partial charge in [0.2, 0.25) is 0 Å². The van der Waals surface area contributed by atoms with E-state index in [1.807, 2.05) is 18.2 Å². The Morgan fingerprint density at radius 2 is 1.96 bits per heavy atom. The Balaban J connectivity index is 1.85. The molecule has 132 valence electrons. The number of aromatic nitrogens is 3. The molecular formula is C20H26N4O.